The Morgan fingerprint density at radius 3 is 2.24 bits per heavy atom. The summed E-state index contributed by atoms with van der Waals surface area (Å²) in [6.07, 6.45) is -5.14. The number of halogens is 4. The lowest BCUT2D eigenvalue weighted by Gasteiger charge is -2.36. The van der Waals surface area contributed by atoms with Crippen LogP contribution in [0.4, 0.5) is 17.6 Å². The molecule has 0 aromatic heterocycles. The molecule has 2 N–H and O–H groups in total. The highest BCUT2D eigenvalue weighted by Gasteiger charge is 2.54. The van der Waals surface area contributed by atoms with Gasteiger partial charge >= 0.3 is 6.18 Å². The second-order valence-electron chi connectivity index (χ2n) is 11.0. The van der Waals surface area contributed by atoms with E-state index in [1.807, 2.05) is 19.6 Å². The molecular weight excluding hydrogens is 502 g/mol. The molecule has 2 aromatic carbocycles. The van der Waals surface area contributed by atoms with Crippen LogP contribution in [0.5, 0.6) is 5.75 Å². The van der Waals surface area contributed by atoms with E-state index >= 15 is 0 Å². The molecular formula is C28H35F4NO3Si. The van der Waals surface area contributed by atoms with Crippen LogP contribution in [0.3, 0.4) is 0 Å². The van der Waals surface area contributed by atoms with E-state index < -0.39 is 49.5 Å². The average Bonchev–Trinajstić information content (AvgIpc) is 2.76. The lowest BCUT2D eigenvalue weighted by Crippen LogP contribution is -2.47. The largest absolute Gasteiger partial charge is 0.497 e. The number of carbonyl (C=O) groups is 1. The Morgan fingerprint density at radius 2 is 1.73 bits per heavy atom. The fraction of sp³-hybridized carbons (Fsp3) is 0.429. The Morgan fingerprint density at radius 1 is 1.14 bits per heavy atom. The van der Waals surface area contributed by atoms with Crippen LogP contribution in [0.2, 0.25) is 19.6 Å². The van der Waals surface area contributed by atoms with Crippen LogP contribution >= 0.6 is 0 Å². The SMILES string of the molecule is COc1ccc(C(C)NC(=O)c2cc(F)ccc2C(C)(C)CC(O)(C=C=C[Si](C)(C)C)C(F)(F)F)cc1. The summed E-state index contributed by atoms with van der Waals surface area (Å²) in [7, 11) is -0.332. The van der Waals surface area contributed by atoms with Crippen LogP contribution in [0, 0.1) is 5.82 Å². The minimum Gasteiger partial charge on any atom is -0.497 e. The molecule has 4 nitrogen and oxygen atoms in total. The molecule has 0 aliphatic rings. The van der Waals surface area contributed by atoms with Crippen LogP contribution in [0.15, 0.2) is 60.0 Å². The van der Waals surface area contributed by atoms with Crippen molar-refractivity contribution in [1.29, 1.82) is 0 Å². The number of aliphatic hydroxyl groups is 1. The normalized spacial score (nSPS) is 14.7. The number of amides is 1. The molecule has 0 radical (unpaired) electrons. The number of hydrogen-bond acceptors (Lipinski definition) is 3. The third kappa shape index (κ3) is 8.05. The highest BCUT2D eigenvalue weighted by atomic mass is 28.3. The molecule has 1 amide bonds. The molecule has 202 valence electrons. The highest BCUT2D eigenvalue weighted by Crippen LogP contribution is 2.43. The predicted molar refractivity (Wildman–Crippen MR) is 140 cm³/mol. The lowest BCUT2D eigenvalue weighted by molar-refractivity contribution is -0.245. The van der Waals surface area contributed by atoms with Crippen molar-refractivity contribution in [2.75, 3.05) is 7.11 Å². The lowest BCUT2D eigenvalue weighted by atomic mass is 9.73. The summed E-state index contributed by atoms with van der Waals surface area (Å²) in [5.74, 6) is -0.705. The van der Waals surface area contributed by atoms with Crippen molar-refractivity contribution in [3.63, 3.8) is 0 Å². The van der Waals surface area contributed by atoms with Crippen molar-refractivity contribution in [2.24, 2.45) is 0 Å². The van der Waals surface area contributed by atoms with Crippen molar-refractivity contribution in [3.05, 3.63) is 82.5 Å². The molecule has 0 heterocycles. The molecule has 0 saturated carbocycles. The summed E-state index contributed by atoms with van der Waals surface area (Å²) in [6, 6.07) is 9.91. The predicted octanol–water partition coefficient (Wildman–Crippen LogP) is 6.88. The van der Waals surface area contributed by atoms with E-state index in [0.29, 0.717) is 11.8 Å². The monoisotopic (exact) mass is 537 g/mol. The number of methoxy groups -OCH3 is 1. The summed E-state index contributed by atoms with van der Waals surface area (Å²) in [4.78, 5) is 13.2. The first-order chi connectivity index (χ1) is 16.9. The maximum Gasteiger partial charge on any atom is 0.421 e. The Labute approximate surface area is 217 Å². The number of ether oxygens (including phenoxy) is 1. The van der Waals surface area contributed by atoms with Gasteiger partial charge < -0.3 is 15.2 Å². The van der Waals surface area contributed by atoms with Gasteiger partial charge in [0, 0.05) is 5.56 Å². The van der Waals surface area contributed by atoms with Gasteiger partial charge in [-0.3, -0.25) is 4.79 Å². The molecule has 0 bridgehead atoms. The third-order valence-corrected chi connectivity index (χ3v) is 6.99. The smallest absolute Gasteiger partial charge is 0.421 e. The molecule has 2 rings (SSSR count). The zero-order valence-corrected chi connectivity index (χ0v) is 23.3. The van der Waals surface area contributed by atoms with Gasteiger partial charge in [0.15, 0.2) is 5.60 Å². The van der Waals surface area contributed by atoms with Gasteiger partial charge in [0.05, 0.1) is 21.2 Å². The second kappa shape index (κ2) is 11.3. The van der Waals surface area contributed by atoms with Crippen LogP contribution in [-0.2, 0) is 5.41 Å². The maximum absolute atomic E-state index is 14.2. The Kier molecular flexibility index (Phi) is 9.23. The van der Waals surface area contributed by atoms with Crippen LogP contribution < -0.4 is 10.1 Å². The van der Waals surface area contributed by atoms with E-state index in [2.05, 4.69) is 11.0 Å². The van der Waals surface area contributed by atoms with E-state index in [-0.39, 0.29) is 11.1 Å². The molecule has 0 spiro atoms. The topological polar surface area (TPSA) is 58.6 Å². The summed E-state index contributed by atoms with van der Waals surface area (Å²) in [5.41, 5.74) is 0.383. The number of nitrogens with one attached hydrogen (secondary N) is 1. The molecule has 2 atom stereocenters. The fourth-order valence-electron chi connectivity index (χ4n) is 3.98. The zero-order chi connectivity index (χ0) is 28.2. The van der Waals surface area contributed by atoms with Crippen molar-refractivity contribution >= 4 is 14.0 Å². The molecule has 2 unspecified atom stereocenters. The molecule has 0 aliphatic heterocycles. The number of hydrogen-bond donors (Lipinski definition) is 2. The summed E-state index contributed by atoms with van der Waals surface area (Å²) in [5, 5.41) is 13.5. The molecule has 9 heteroatoms. The van der Waals surface area contributed by atoms with Gasteiger partial charge in [-0.1, -0.05) is 57.4 Å². The van der Waals surface area contributed by atoms with Gasteiger partial charge in [0.1, 0.15) is 11.6 Å². The van der Waals surface area contributed by atoms with Crippen molar-refractivity contribution in [3.8, 4) is 5.75 Å². The third-order valence-electron chi connectivity index (χ3n) is 5.96. The van der Waals surface area contributed by atoms with Gasteiger partial charge in [-0.25, -0.2) is 4.39 Å². The molecule has 0 aliphatic carbocycles. The minimum absolute atomic E-state index is 0.100. The molecule has 0 fully saturated rings. The number of rotatable bonds is 9. The number of alkyl halides is 3. The summed E-state index contributed by atoms with van der Waals surface area (Å²) in [6.45, 7) is 10.5. The number of carbonyl (C=O) groups excluding carboxylic acids is 1. The van der Waals surface area contributed by atoms with Gasteiger partial charge in [-0.2, -0.15) is 13.2 Å². The van der Waals surface area contributed by atoms with E-state index in [0.717, 1.165) is 17.7 Å². The standard InChI is InChI=1S/C28H35F4NO3Si/c1-19(20-9-12-22(36-4)13-10-20)33-25(34)23-17-21(29)11-14-24(23)26(2,3)18-27(35,28(30,31)32)15-8-16-37(5,6)7/h9-17,19,35H,18H2,1-7H3,(H,33,34). The Hall–Kier alpha value is -2.87. The first-order valence-corrected chi connectivity index (χ1v) is 15.4. The first kappa shape index (κ1) is 30.4. The maximum atomic E-state index is 14.2. The highest BCUT2D eigenvalue weighted by molar-refractivity contribution is 6.80. The van der Waals surface area contributed by atoms with Crippen molar-refractivity contribution in [2.45, 2.75) is 70.1 Å². The fourth-order valence-corrected chi connectivity index (χ4v) is 4.56. The molecule has 37 heavy (non-hydrogen) atoms. The average molecular weight is 538 g/mol. The number of benzene rings is 2. The van der Waals surface area contributed by atoms with E-state index in [1.54, 1.807) is 36.9 Å². The van der Waals surface area contributed by atoms with Gasteiger partial charge in [-0.15, -0.1) is 5.73 Å². The second-order valence-corrected chi connectivity index (χ2v) is 16.0. The van der Waals surface area contributed by atoms with Crippen molar-refractivity contribution < 1.29 is 32.2 Å². The van der Waals surface area contributed by atoms with Crippen LogP contribution in [0.25, 0.3) is 0 Å². The zero-order valence-electron chi connectivity index (χ0n) is 22.3. The Balaban J connectivity index is 2.44. The quantitative estimate of drug-likeness (QED) is 0.208. The first-order valence-electron chi connectivity index (χ1n) is 11.9. The van der Waals surface area contributed by atoms with Gasteiger partial charge in [0.2, 0.25) is 0 Å². The van der Waals surface area contributed by atoms with Crippen molar-refractivity contribution in [1.82, 2.24) is 5.32 Å². The van der Waals surface area contributed by atoms with Crippen LogP contribution in [0.1, 0.15) is 54.7 Å². The van der Waals surface area contributed by atoms with E-state index in [9.17, 15) is 27.5 Å². The molecule has 0 saturated heterocycles. The Bertz CT molecular complexity index is 1160. The van der Waals surface area contributed by atoms with Gasteiger partial charge in [-0.05, 0) is 60.2 Å². The minimum atomic E-state index is -4.99. The van der Waals surface area contributed by atoms with E-state index in [1.165, 1.54) is 27.0 Å². The van der Waals surface area contributed by atoms with Gasteiger partial charge in [0.25, 0.3) is 5.91 Å². The summed E-state index contributed by atoms with van der Waals surface area (Å²) >= 11 is 0. The molecule has 2 aromatic rings. The summed E-state index contributed by atoms with van der Waals surface area (Å²) < 4.78 is 61.4. The van der Waals surface area contributed by atoms with E-state index in [4.69, 9.17) is 4.74 Å². The van der Waals surface area contributed by atoms with Crippen LogP contribution in [-0.4, -0.2) is 38.0 Å².